The molecule has 0 bridgehead atoms. The molecule has 0 spiro atoms. The molecular formula is C20H28N4O. The highest BCUT2D eigenvalue weighted by atomic mass is 16.2. The Kier molecular flexibility index (Phi) is 5.91. The molecule has 2 aliphatic rings. The molecule has 3 rings (SSSR count). The minimum absolute atomic E-state index is 0.308. The van der Waals surface area contributed by atoms with Gasteiger partial charge < -0.3 is 9.80 Å². The number of carbonyl (C=O) groups is 1. The molecule has 5 nitrogen and oxygen atoms in total. The molecule has 0 radical (unpaired) electrons. The summed E-state index contributed by atoms with van der Waals surface area (Å²) in [4.78, 5) is 21.3. The summed E-state index contributed by atoms with van der Waals surface area (Å²) in [5.41, 5.74) is 0.610. The minimum Gasteiger partial charge on any atom is -0.354 e. The zero-order valence-corrected chi connectivity index (χ0v) is 15.2. The van der Waals surface area contributed by atoms with Crippen LogP contribution in [-0.2, 0) is 4.79 Å². The lowest BCUT2D eigenvalue weighted by atomic mass is 9.80. The van der Waals surface area contributed by atoms with Crippen LogP contribution in [0.3, 0.4) is 0 Å². The van der Waals surface area contributed by atoms with Gasteiger partial charge in [-0.05, 0) is 43.2 Å². The Morgan fingerprint density at radius 2 is 2.16 bits per heavy atom. The standard InChI is InChI=1S/C20H28N4O/c1-16-5-2-6-17(13-16)14-19(25)23-9-4-10-24(12-11-23)20-18(15-21)7-3-8-22-20/h3,7-8,16-17H,2,4-6,9-14H2,1H3/t16-,17-/m1/s1. The highest BCUT2D eigenvalue weighted by Crippen LogP contribution is 2.31. The number of hydrogen-bond donors (Lipinski definition) is 0. The number of amides is 1. The molecule has 2 heterocycles. The number of anilines is 1. The van der Waals surface area contributed by atoms with Gasteiger partial charge in [-0.1, -0.05) is 19.8 Å². The quantitative estimate of drug-likeness (QED) is 0.848. The van der Waals surface area contributed by atoms with Gasteiger partial charge in [0.2, 0.25) is 5.91 Å². The lowest BCUT2D eigenvalue weighted by Gasteiger charge is -2.29. The van der Waals surface area contributed by atoms with Crippen molar-refractivity contribution in [1.29, 1.82) is 5.26 Å². The van der Waals surface area contributed by atoms with Crippen LogP contribution in [0.5, 0.6) is 0 Å². The van der Waals surface area contributed by atoms with E-state index >= 15 is 0 Å². The lowest BCUT2D eigenvalue weighted by Crippen LogP contribution is -2.36. The first-order valence-corrected chi connectivity index (χ1v) is 9.55. The molecule has 5 heteroatoms. The van der Waals surface area contributed by atoms with Gasteiger partial charge in [0, 0.05) is 38.8 Å². The summed E-state index contributed by atoms with van der Waals surface area (Å²) in [7, 11) is 0. The number of hydrogen-bond acceptors (Lipinski definition) is 4. The predicted molar refractivity (Wildman–Crippen MR) is 98.1 cm³/mol. The largest absolute Gasteiger partial charge is 0.354 e. The SMILES string of the molecule is C[C@@H]1CCC[C@@H](CC(=O)N2CCCN(c3ncccc3C#N)CC2)C1. The van der Waals surface area contributed by atoms with Gasteiger partial charge in [0.25, 0.3) is 0 Å². The van der Waals surface area contributed by atoms with Gasteiger partial charge in [-0.15, -0.1) is 0 Å². The normalized spacial score (nSPS) is 24.5. The highest BCUT2D eigenvalue weighted by molar-refractivity contribution is 5.76. The zero-order chi connectivity index (χ0) is 17.6. The Morgan fingerprint density at radius 1 is 1.28 bits per heavy atom. The highest BCUT2D eigenvalue weighted by Gasteiger charge is 2.26. The fourth-order valence-electron chi connectivity index (χ4n) is 4.24. The Labute approximate surface area is 150 Å². The number of carbonyl (C=O) groups excluding carboxylic acids is 1. The molecule has 1 aliphatic heterocycles. The Hall–Kier alpha value is -2.09. The van der Waals surface area contributed by atoms with Crippen molar-refractivity contribution in [3.63, 3.8) is 0 Å². The van der Waals surface area contributed by atoms with Gasteiger partial charge in [0.05, 0.1) is 5.56 Å². The number of nitrogens with zero attached hydrogens (tertiary/aromatic N) is 4. The van der Waals surface area contributed by atoms with E-state index in [0.717, 1.165) is 44.3 Å². The summed E-state index contributed by atoms with van der Waals surface area (Å²) in [6.45, 7) is 5.43. The molecule has 1 aromatic rings. The van der Waals surface area contributed by atoms with Crippen molar-refractivity contribution < 1.29 is 4.79 Å². The van der Waals surface area contributed by atoms with Crippen LogP contribution in [-0.4, -0.2) is 42.0 Å². The second-order valence-corrected chi connectivity index (χ2v) is 7.55. The Bertz CT molecular complexity index is 639. The summed E-state index contributed by atoms with van der Waals surface area (Å²) >= 11 is 0. The van der Waals surface area contributed by atoms with Crippen molar-refractivity contribution >= 4 is 11.7 Å². The van der Waals surface area contributed by atoms with Gasteiger partial charge in [0.15, 0.2) is 0 Å². The van der Waals surface area contributed by atoms with Crippen LogP contribution in [0.2, 0.25) is 0 Å². The molecule has 25 heavy (non-hydrogen) atoms. The summed E-state index contributed by atoms with van der Waals surface area (Å²) in [6.07, 6.45) is 8.35. The van der Waals surface area contributed by atoms with E-state index < -0.39 is 0 Å². The molecule has 2 atom stereocenters. The van der Waals surface area contributed by atoms with E-state index in [1.807, 2.05) is 4.90 Å². The van der Waals surface area contributed by atoms with E-state index in [4.69, 9.17) is 0 Å². The summed E-state index contributed by atoms with van der Waals surface area (Å²) in [5, 5.41) is 9.28. The van der Waals surface area contributed by atoms with Gasteiger partial charge in [0.1, 0.15) is 11.9 Å². The van der Waals surface area contributed by atoms with E-state index in [2.05, 4.69) is 22.9 Å². The van der Waals surface area contributed by atoms with Gasteiger partial charge in [-0.25, -0.2) is 4.98 Å². The van der Waals surface area contributed by atoms with Gasteiger partial charge in [-0.2, -0.15) is 5.26 Å². The Balaban J connectivity index is 1.58. The van der Waals surface area contributed by atoms with Crippen LogP contribution in [0, 0.1) is 23.2 Å². The van der Waals surface area contributed by atoms with Crippen molar-refractivity contribution in [3.8, 4) is 6.07 Å². The van der Waals surface area contributed by atoms with Crippen molar-refractivity contribution in [2.75, 3.05) is 31.1 Å². The lowest BCUT2D eigenvalue weighted by molar-refractivity contribution is -0.132. The summed E-state index contributed by atoms with van der Waals surface area (Å²) in [6, 6.07) is 5.82. The first-order valence-electron chi connectivity index (χ1n) is 9.55. The van der Waals surface area contributed by atoms with Crippen molar-refractivity contribution in [2.45, 2.75) is 45.4 Å². The van der Waals surface area contributed by atoms with Crippen LogP contribution < -0.4 is 4.90 Å². The maximum atomic E-state index is 12.7. The van der Waals surface area contributed by atoms with E-state index in [1.165, 1.54) is 25.7 Å². The summed E-state index contributed by atoms with van der Waals surface area (Å²) in [5.74, 6) is 2.39. The maximum absolute atomic E-state index is 12.7. The van der Waals surface area contributed by atoms with Gasteiger partial charge >= 0.3 is 0 Å². The predicted octanol–water partition coefficient (Wildman–Crippen LogP) is 3.21. The van der Waals surface area contributed by atoms with Crippen LogP contribution in [0.4, 0.5) is 5.82 Å². The van der Waals surface area contributed by atoms with Crippen molar-refractivity contribution in [1.82, 2.24) is 9.88 Å². The van der Waals surface area contributed by atoms with E-state index in [-0.39, 0.29) is 0 Å². The first kappa shape index (κ1) is 17.7. The minimum atomic E-state index is 0.308. The van der Waals surface area contributed by atoms with Crippen molar-refractivity contribution in [2.24, 2.45) is 11.8 Å². The molecule has 1 amide bonds. The fourth-order valence-corrected chi connectivity index (χ4v) is 4.24. The van der Waals surface area contributed by atoms with Crippen LogP contribution >= 0.6 is 0 Å². The third-order valence-electron chi connectivity index (χ3n) is 5.56. The molecule has 2 fully saturated rings. The zero-order valence-electron chi connectivity index (χ0n) is 15.2. The monoisotopic (exact) mass is 340 g/mol. The number of aromatic nitrogens is 1. The molecule has 1 saturated carbocycles. The van der Waals surface area contributed by atoms with Crippen LogP contribution in [0.1, 0.15) is 51.0 Å². The van der Waals surface area contributed by atoms with Crippen LogP contribution in [0.25, 0.3) is 0 Å². The van der Waals surface area contributed by atoms with E-state index in [1.54, 1.807) is 18.3 Å². The van der Waals surface area contributed by atoms with Crippen LogP contribution in [0.15, 0.2) is 18.3 Å². The molecule has 1 aliphatic carbocycles. The second kappa shape index (κ2) is 8.33. The second-order valence-electron chi connectivity index (χ2n) is 7.55. The molecule has 0 aromatic carbocycles. The van der Waals surface area contributed by atoms with E-state index in [9.17, 15) is 10.1 Å². The third-order valence-corrected chi connectivity index (χ3v) is 5.56. The molecule has 0 N–H and O–H groups in total. The van der Waals surface area contributed by atoms with Gasteiger partial charge in [-0.3, -0.25) is 4.79 Å². The molecule has 1 aromatic heterocycles. The number of pyridine rings is 1. The topological polar surface area (TPSA) is 60.2 Å². The maximum Gasteiger partial charge on any atom is 0.222 e. The average molecular weight is 340 g/mol. The summed E-state index contributed by atoms with van der Waals surface area (Å²) < 4.78 is 0. The third kappa shape index (κ3) is 4.50. The number of nitriles is 1. The molecule has 1 saturated heterocycles. The molecular weight excluding hydrogens is 312 g/mol. The smallest absolute Gasteiger partial charge is 0.222 e. The molecule has 134 valence electrons. The molecule has 0 unspecified atom stereocenters. The number of rotatable bonds is 3. The van der Waals surface area contributed by atoms with Crippen molar-refractivity contribution in [3.05, 3.63) is 23.9 Å². The Morgan fingerprint density at radius 3 is 2.96 bits per heavy atom. The first-order chi connectivity index (χ1) is 12.2. The average Bonchev–Trinajstić information content (AvgIpc) is 2.88. The van der Waals surface area contributed by atoms with E-state index in [0.29, 0.717) is 23.8 Å². The fraction of sp³-hybridized carbons (Fsp3) is 0.650.